The fourth-order valence-electron chi connectivity index (χ4n) is 3.13. The molecule has 1 aromatic carbocycles. The standard InChI is InChI=1S/C17H23ClN2O/c1-12(2)20-8-7-13(11-20)9-19-10-15-14-5-3-4-6-16(14)21-17(15)18/h3-6,12-13,19H,7-11H2,1-2H3. The normalized spacial score (nSPS) is 19.9. The molecule has 0 spiro atoms. The van der Waals surface area contributed by atoms with Crippen LogP contribution in [-0.2, 0) is 6.54 Å². The zero-order valence-corrected chi connectivity index (χ0v) is 13.5. The van der Waals surface area contributed by atoms with Gasteiger partial charge in [-0.25, -0.2) is 0 Å². The summed E-state index contributed by atoms with van der Waals surface area (Å²) >= 11 is 6.21. The molecule has 0 saturated carbocycles. The molecule has 1 atom stereocenters. The van der Waals surface area contributed by atoms with Crippen LogP contribution in [0.3, 0.4) is 0 Å². The van der Waals surface area contributed by atoms with Gasteiger partial charge < -0.3 is 14.6 Å². The molecule has 0 radical (unpaired) electrons. The minimum Gasteiger partial charge on any atom is -0.444 e. The molecule has 0 aliphatic carbocycles. The van der Waals surface area contributed by atoms with Gasteiger partial charge in [0.05, 0.1) is 0 Å². The number of rotatable bonds is 5. The largest absolute Gasteiger partial charge is 0.444 e. The Bertz CT molecular complexity index is 608. The Kier molecular flexibility index (Phi) is 4.53. The smallest absolute Gasteiger partial charge is 0.199 e. The molecule has 1 aliphatic rings. The van der Waals surface area contributed by atoms with Gasteiger partial charge in [0.25, 0.3) is 0 Å². The summed E-state index contributed by atoms with van der Waals surface area (Å²) in [6.45, 7) is 8.78. The van der Waals surface area contributed by atoms with Crippen molar-refractivity contribution in [1.82, 2.24) is 10.2 Å². The lowest BCUT2D eigenvalue weighted by atomic mass is 10.1. The zero-order valence-electron chi connectivity index (χ0n) is 12.7. The molecule has 1 fully saturated rings. The van der Waals surface area contributed by atoms with Crippen LogP contribution < -0.4 is 5.32 Å². The van der Waals surface area contributed by atoms with Crippen molar-refractivity contribution in [3.63, 3.8) is 0 Å². The van der Waals surface area contributed by atoms with E-state index in [-0.39, 0.29) is 0 Å². The second-order valence-corrected chi connectivity index (χ2v) is 6.57. The molecule has 2 aromatic rings. The predicted molar refractivity (Wildman–Crippen MR) is 87.7 cm³/mol. The first kappa shape index (κ1) is 14.9. The third kappa shape index (κ3) is 3.25. The summed E-state index contributed by atoms with van der Waals surface area (Å²) in [5.41, 5.74) is 1.94. The second-order valence-electron chi connectivity index (χ2n) is 6.22. The molecular weight excluding hydrogens is 284 g/mol. The van der Waals surface area contributed by atoms with E-state index in [1.54, 1.807) is 0 Å². The molecule has 0 bridgehead atoms. The van der Waals surface area contributed by atoms with Gasteiger partial charge in [-0.3, -0.25) is 0 Å². The SMILES string of the molecule is CC(C)N1CCC(CNCc2c(Cl)oc3ccccc23)C1. The van der Waals surface area contributed by atoms with Crippen molar-refractivity contribution in [2.45, 2.75) is 32.9 Å². The number of fused-ring (bicyclic) bond motifs is 1. The third-order valence-corrected chi connectivity index (χ3v) is 4.74. The van der Waals surface area contributed by atoms with Crippen molar-refractivity contribution in [3.8, 4) is 0 Å². The van der Waals surface area contributed by atoms with E-state index in [0.29, 0.717) is 11.3 Å². The van der Waals surface area contributed by atoms with Crippen molar-refractivity contribution in [2.75, 3.05) is 19.6 Å². The first-order valence-electron chi connectivity index (χ1n) is 7.76. The van der Waals surface area contributed by atoms with Gasteiger partial charge >= 0.3 is 0 Å². The number of furan rings is 1. The number of nitrogens with one attached hydrogen (secondary N) is 1. The Labute approximate surface area is 131 Å². The quantitative estimate of drug-likeness (QED) is 0.908. The molecule has 1 saturated heterocycles. The predicted octanol–water partition coefficient (Wildman–Crippen LogP) is 3.91. The fourth-order valence-corrected chi connectivity index (χ4v) is 3.38. The van der Waals surface area contributed by atoms with E-state index in [9.17, 15) is 0 Å². The third-order valence-electron chi connectivity index (χ3n) is 4.43. The maximum absolute atomic E-state index is 6.21. The highest BCUT2D eigenvalue weighted by Gasteiger charge is 2.23. The van der Waals surface area contributed by atoms with Crippen LogP contribution in [-0.4, -0.2) is 30.6 Å². The minimum absolute atomic E-state index is 0.513. The summed E-state index contributed by atoms with van der Waals surface area (Å²) in [5.74, 6) is 0.740. The van der Waals surface area contributed by atoms with Gasteiger partial charge in [-0.1, -0.05) is 18.2 Å². The van der Waals surface area contributed by atoms with Crippen LogP contribution in [0.2, 0.25) is 5.22 Å². The number of hydrogen-bond acceptors (Lipinski definition) is 3. The second kappa shape index (κ2) is 6.39. The van der Waals surface area contributed by atoms with Crippen LogP contribution in [0, 0.1) is 5.92 Å². The van der Waals surface area contributed by atoms with Crippen molar-refractivity contribution < 1.29 is 4.42 Å². The summed E-state index contributed by atoms with van der Waals surface area (Å²) in [5, 5.41) is 5.18. The molecule has 1 aliphatic heterocycles. The van der Waals surface area contributed by atoms with Crippen LogP contribution in [0.15, 0.2) is 28.7 Å². The fraction of sp³-hybridized carbons (Fsp3) is 0.529. The Morgan fingerprint density at radius 3 is 2.95 bits per heavy atom. The highest BCUT2D eigenvalue weighted by Crippen LogP contribution is 2.29. The molecule has 3 nitrogen and oxygen atoms in total. The van der Waals surface area contributed by atoms with Gasteiger partial charge in [-0.15, -0.1) is 0 Å². The molecular formula is C17H23ClN2O. The maximum atomic E-state index is 6.21. The van der Waals surface area contributed by atoms with E-state index < -0.39 is 0 Å². The number of likely N-dealkylation sites (tertiary alicyclic amines) is 1. The van der Waals surface area contributed by atoms with E-state index >= 15 is 0 Å². The van der Waals surface area contributed by atoms with Gasteiger partial charge in [-0.05, 0) is 56.9 Å². The summed E-state index contributed by atoms with van der Waals surface area (Å²) in [4.78, 5) is 2.55. The van der Waals surface area contributed by atoms with Gasteiger partial charge in [0.15, 0.2) is 5.22 Å². The topological polar surface area (TPSA) is 28.4 Å². The maximum Gasteiger partial charge on any atom is 0.199 e. The van der Waals surface area contributed by atoms with Crippen LogP contribution in [0.4, 0.5) is 0 Å². The highest BCUT2D eigenvalue weighted by atomic mass is 35.5. The summed E-state index contributed by atoms with van der Waals surface area (Å²) in [6.07, 6.45) is 1.28. The van der Waals surface area contributed by atoms with Crippen molar-refractivity contribution in [1.29, 1.82) is 0 Å². The van der Waals surface area contributed by atoms with Crippen LogP contribution >= 0.6 is 11.6 Å². The van der Waals surface area contributed by atoms with Crippen LogP contribution in [0.5, 0.6) is 0 Å². The Morgan fingerprint density at radius 1 is 1.38 bits per heavy atom. The Balaban J connectivity index is 1.57. The number of para-hydroxylation sites is 1. The molecule has 1 unspecified atom stereocenters. The molecule has 3 rings (SSSR count). The first-order chi connectivity index (χ1) is 10.1. The van der Waals surface area contributed by atoms with Gasteiger partial charge in [-0.2, -0.15) is 0 Å². The van der Waals surface area contributed by atoms with Crippen LogP contribution in [0.1, 0.15) is 25.8 Å². The van der Waals surface area contributed by atoms with E-state index in [1.807, 2.05) is 18.2 Å². The van der Waals surface area contributed by atoms with Crippen molar-refractivity contribution >= 4 is 22.6 Å². The van der Waals surface area contributed by atoms with E-state index in [2.05, 4.69) is 30.1 Å². The Hall–Kier alpha value is -1.03. The van der Waals surface area contributed by atoms with Gasteiger partial charge in [0.1, 0.15) is 5.58 Å². The minimum atomic E-state index is 0.513. The van der Waals surface area contributed by atoms with E-state index in [4.69, 9.17) is 16.0 Å². The van der Waals surface area contributed by atoms with E-state index in [1.165, 1.54) is 19.5 Å². The van der Waals surface area contributed by atoms with Crippen molar-refractivity contribution in [2.24, 2.45) is 5.92 Å². The molecule has 1 aromatic heterocycles. The monoisotopic (exact) mass is 306 g/mol. The summed E-state index contributed by atoms with van der Waals surface area (Å²) in [6, 6.07) is 8.68. The van der Waals surface area contributed by atoms with Crippen LogP contribution in [0.25, 0.3) is 11.0 Å². The number of nitrogens with zero attached hydrogens (tertiary/aromatic N) is 1. The highest BCUT2D eigenvalue weighted by molar-refractivity contribution is 6.30. The molecule has 1 N–H and O–H groups in total. The lowest BCUT2D eigenvalue weighted by Crippen LogP contribution is -2.30. The Morgan fingerprint density at radius 2 is 2.19 bits per heavy atom. The average molecular weight is 307 g/mol. The summed E-state index contributed by atoms with van der Waals surface area (Å²) in [7, 11) is 0. The zero-order chi connectivity index (χ0) is 14.8. The number of benzene rings is 1. The van der Waals surface area contributed by atoms with Gasteiger partial charge in [0.2, 0.25) is 0 Å². The summed E-state index contributed by atoms with van der Waals surface area (Å²) < 4.78 is 5.59. The lowest BCUT2D eigenvalue weighted by Gasteiger charge is -2.20. The molecule has 114 valence electrons. The number of hydrogen-bond donors (Lipinski definition) is 1. The lowest BCUT2D eigenvalue weighted by molar-refractivity contribution is 0.264. The first-order valence-corrected chi connectivity index (χ1v) is 8.13. The average Bonchev–Trinajstić information content (AvgIpc) is 3.04. The van der Waals surface area contributed by atoms with Gasteiger partial charge in [0, 0.05) is 30.1 Å². The van der Waals surface area contributed by atoms with E-state index in [0.717, 1.165) is 35.5 Å². The van der Waals surface area contributed by atoms with Crippen molar-refractivity contribution in [3.05, 3.63) is 35.0 Å². The molecule has 21 heavy (non-hydrogen) atoms. The number of halogens is 1. The molecule has 4 heteroatoms. The molecule has 0 amide bonds. The molecule has 2 heterocycles.